The van der Waals surface area contributed by atoms with Gasteiger partial charge in [0.1, 0.15) is 0 Å². The van der Waals surface area contributed by atoms with E-state index in [-0.39, 0.29) is 5.91 Å². The summed E-state index contributed by atoms with van der Waals surface area (Å²) in [7, 11) is 0. The zero-order valence-corrected chi connectivity index (χ0v) is 14.0. The largest absolute Gasteiger partial charge is 0.336 e. The third-order valence-corrected chi connectivity index (χ3v) is 4.58. The highest BCUT2D eigenvalue weighted by molar-refractivity contribution is 6.33. The Hall–Kier alpha value is -2.35. The van der Waals surface area contributed by atoms with Crippen LogP contribution in [0.5, 0.6) is 0 Å². The Labute approximate surface area is 146 Å². The van der Waals surface area contributed by atoms with Crippen LogP contribution in [-0.4, -0.2) is 41.9 Å². The number of benzene rings is 2. The molecule has 24 heavy (non-hydrogen) atoms. The molecule has 0 bridgehead atoms. The maximum absolute atomic E-state index is 12.5. The molecule has 0 saturated carbocycles. The van der Waals surface area contributed by atoms with Crippen molar-refractivity contribution in [1.82, 2.24) is 9.80 Å². The van der Waals surface area contributed by atoms with E-state index >= 15 is 0 Å². The predicted octanol–water partition coefficient (Wildman–Crippen LogP) is 3.17. The molecule has 0 spiro atoms. The summed E-state index contributed by atoms with van der Waals surface area (Å²) >= 11 is 6.12. The summed E-state index contributed by atoms with van der Waals surface area (Å²) < 4.78 is 0. The summed E-state index contributed by atoms with van der Waals surface area (Å²) in [4.78, 5) is 16.7. The van der Waals surface area contributed by atoms with Crippen molar-refractivity contribution >= 4 is 17.5 Å². The number of nitrogens with zero attached hydrogens (tertiary/aromatic N) is 3. The molecule has 122 valence electrons. The van der Waals surface area contributed by atoms with E-state index in [0.29, 0.717) is 29.2 Å². The normalized spacial score (nSPS) is 15.1. The van der Waals surface area contributed by atoms with Crippen LogP contribution in [0.3, 0.4) is 0 Å². The van der Waals surface area contributed by atoms with Gasteiger partial charge in [0.05, 0.1) is 22.2 Å². The van der Waals surface area contributed by atoms with Crippen molar-refractivity contribution < 1.29 is 4.79 Å². The number of carbonyl (C=O) groups is 1. The number of halogens is 1. The molecule has 1 aliphatic rings. The monoisotopic (exact) mass is 339 g/mol. The molecule has 0 N–H and O–H groups in total. The molecule has 1 heterocycles. The van der Waals surface area contributed by atoms with Gasteiger partial charge in [0.2, 0.25) is 0 Å². The van der Waals surface area contributed by atoms with Gasteiger partial charge in [-0.1, -0.05) is 35.9 Å². The number of nitriles is 1. The number of piperazine rings is 1. The second kappa shape index (κ2) is 7.48. The van der Waals surface area contributed by atoms with E-state index in [9.17, 15) is 4.79 Å². The zero-order chi connectivity index (χ0) is 16.9. The minimum Gasteiger partial charge on any atom is -0.336 e. The van der Waals surface area contributed by atoms with Crippen LogP contribution in [0.4, 0.5) is 0 Å². The molecular formula is C19H18ClN3O. The van der Waals surface area contributed by atoms with E-state index in [2.05, 4.69) is 11.0 Å². The van der Waals surface area contributed by atoms with Gasteiger partial charge in [0.15, 0.2) is 0 Å². The highest BCUT2D eigenvalue weighted by Crippen LogP contribution is 2.18. The molecule has 0 aromatic heterocycles. The quantitative estimate of drug-likeness (QED) is 0.863. The minimum absolute atomic E-state index is 0.00127. The fourth-order valence-corrected chi connectivity index (χ4v) is 3.07. The van der Waals surface area contributed by atoms with Crippen LogP contribution in [0.25, 0.3) is 0 Å². The molecule has 0 unspecified atom stereocenters. The molecule has 0 atom stereocenters. The molecule has 5 heteroatoms. The fraction of sp³-hybridized carbons (Fsp3) is 0.263. The van der Waals surface area contributed by atoms with Crippen molar-refractivity contribution in [2.75, 3.05) is 26.2 Å². The average molecular weight is 340 g/mol. The smallest absolute Gasteiger partial charge is 0.255 e. The second-order valence-electron chi connectivity index (χ2n) is 5.86. The summed E-state index contributed by atoms with van der Waals surface area (Å²) in [5.74, 6) is -0.00127. The van der Waals surface area contributed by atoms with Crippen LogP contribution < -0.4 is 0 Å². The molecule has 1 amide bonds. The molecule has 0 radical (unpaired) electrons. The summed E-state index contributed by atoms with van der Waals surface area (Å²) in [6.07, 6.45) is 0. The molecule has 1 saturated heterocycles. The van der Waals surface area contributed by atoms with Gasteiger partial charge in [-0.2, -0.15) is 5.26 Å². The van der Waals surface area contributed by atoms with Gasteiger partial charge in [-0.25, -0.2) is 0 Å². The number of rotatable bonds is 3. The number of amides is 1. The van der Waals surface area contributed by atoms with Crippen molar-refractivity contribution in [3.8, 4) is 6.07 Å². The van der Waals surface area contributed by atoms with Crippen LogP contribution in [0.15, 0.2) is 48.5 Å². The van der Waals surface area contributed by atoms with E-state index in [1.807, 2.05) is 41.3 Å². The minimum atomic E-state index is -0.00127. The van der Waals surface area contributed by atoms with Gasteiger partial charge in [-0.05, 0) is 29.8 Å². The van der Waals surface area contributed by atoms with Gasteiger partial charge in [-0.3, -0.25) is 9.69 Å². The van der Waals surface area contributed by atoms with E-state index in [0.717, 1.165) is 19.6 Å². The highest BCUT2D eigenvalue weighted by Gasteiger charge is 2.23. The summed E-state index contributed by atoms with van der Waals surface area (Å²) in [5, 5.41) is 9.34. The SMILES string of the molecule is N#Cc1ccc(CN2CCN(C(=O)c3ccccc3Cl)CC2)cc1. The molecule has 4 nitrogen and oxygen atoms in total. The average Bonchev–Trinajstić information content (AvgIpc) is 2.63. The lowest BCUT2D eigenvalue weighted by atomic mass is 10.1. The van der Waals surface area contributed by atoms with Crippen molar-refractivity contribution in [1.29, 1.82) is 5.26 Å². The second-order valence-corrected chi connectivity index (χ2v) is 6.26. The lowest BCUT2D eigenvalue weighted by Gasteiger charge is -2.35. The van der Waals surface area contributed by atoms with E-state index < -0.39 is 0 Å². The molecule has 0 aliphatic carbocycles. The molecule has 3 rings (SSSR count). The van der Waals surface area contributed by atoms with Crippen LogP contribution in [0.1, 0.15) is 21.5 Å². The van der Waals surface area contributed by atoms with Crippen LogP contribution in [-0.2, 0) is 6.54 Å². The number of hydrogen-bond acceptors (Lipinski definition) is 3. The van der Waals surface area contributed by atoms with Gasteiger partial charge in [-0.15, -0.1) is 0 Å². The first-order valence-corrected chi connectivity index (χ1v) is 8.30. The predicted molar refractivity (Wildman–Crippen MR) is 93.8 cm³/mol. The molecule has 1 aliphatic heterocycles. The first-order valence-electron chi connectivity index (χ1n) is 7.92. The summed E-state index contributed by atoms with van der Waals surface area (Å²) in [6.45, 7) is 3.88. The van der Waals surface area contributed by atoms with Crippen molar-refractivity contribution in [3.63, 3.8) is 0 Å². The standard InChI is InChI=1S/C19H18ClN3O/c20-18-4-2-1-3-17(18)19(24)23-11-9-22(10-12-23)14-16-7-5-15(13-21)6-8-16/h1-8H,9-12,14H2. The van der Waals surface area contributed by atoms with Gasteiger partial charge in [0.25, 0.3) is 5.91 Å². The third kappa shape index (κ3) is 3.76. The van der Waals surface area contributed by atoms with Gasteiger partial charge in [0, 0.05) is 32.7 Å². The van der Waals surface area contributed by atoms with Crippen LogP contribution in [0, 0.1) is 11.3 Å². The number of hydrogen-bond donors (Lipinski definition) is 0. The molecule has 2 aromatic rings. The van der Waals surface area contributed by atoms with Gasteiger partial charge >= 0.3 is 0 Å². The zero-order valence-electron chi connectivity index (χ0n) is 13.3. The Bertz CT molecular complexity index is 759. The van der Waals surface area contributed by atoms with Gasteiger partial charge < -0.3 is 4.90 Å². The molecular weight excluding hydrogens is 322 g/mol. The Morgan fingerprint density at radius 3 is 2.33 bits per heavy atom. The van der Waals surface area contributed by atoms with Crippen molar-refractivity contribution in [2.45, 2.75) is 6.54 Å². The van der Waals surface area contributed by atoms with Crippen molar-refractivity contribution in [3.05, 3.63) is 70.2 Å². The van der Waals surface area contributed by atoms with E-state index in [4.69, 9.17) is 16.9 Å². The Kier molecular flexibility index (Phi) is 5.14. The summed E-state index contributed by atoms with van der Waals surface area (Å²) in [5.41, 5.74) is 2.42. The maximum atomic E-state index is 12.5. The Balaban J connectivity index is 1.56. The Morgan fingerprint density at radius 1 is 1.04 bits per heavy atom. The lowest BCUT2D eigenvalue weighted by molar-refractivity contribution is 0.0628. The topological polar surface area (TPSA) is 47.3 Å². The molecule has 2 aromatic carbocycles. The lowest BCUT2D eigenvalue weighted by Crippen LogP contribution is -2.48. The van der Waals surface area contributed by atoms with Crippen LogP contribution >= 0.6 is 11.6 Å². The first kappa shape index (κ1) is 16.5. The maximum Gasteiger partial charge on any atom is 0.255 e. The van der Waals surface area contributed by atoms with Crippen LogP contribution in [0.2, 0.25) is 5.02 Å². The molecule has 1 fully saturated rings. The number of carbonyl (C=O) groups excluding carboxylic acids is 1. The third-order valence-electron chi connectivity index (χ3n) is 4.25. The van der Waals surface area contributed by atoms with Crippen molar-refractivity contribution in [2.24, 2.45) is 0 Å². The fourth-order valence-electron chi connectivity index (χ4n) is 2.86. The summed E-state index contributed by atoms with van der Waals surface area (Å²) in [6, 6.07) is 17.0. The van der Waals surface area contributed by atoms with E-state index in [1.54, 1.807) is 12.1 Å². The highest BCUT2D eigenvalue weighted by atomic mass is 35.5. The van der Waals surface area contributed by atoms with E-state index in [1.165, 1.54) is 5.56 Å². The Morgan fingerprint density at radius 2 is 1.71 bits per heavy atom. The first-order chi connectivity index (χ1) is 11.7.